The maximum Gasteiger partial charge on any atom is 0.349 e. The third-order valence-corrected chi connectivity index (χ3v) is 5.60. The van der Waals surface area contributed by atoms with Crippen molar-refractivity contribution in [3.63, 3.8) is 0 Å². The van der Waals surface area contributed by atoms with Gasteiger partial charge in [0.25, 0.3) is 11.5 Å². The van der Waals surface area contributed by atoms with Crippen LogP contribution in [0, 0.1) is 10.5 Å². The van der Waals surface area contributed by atoms with E-state index in [9.17, 15) is 14.4 Å². The number of benzene rings is 3. The SMILES string of the molecule is Cc1ccc(NC(=O)COc2ccc(C=Nn3c(=O)[nH]c4ccccc4c3=O)cc2I)cc1. The number of nitrogens with one attached hydrogen (secondary N) is 2. The summed E-state index contributed by atoms with van der Waals surface area (Å²) in [7, 11) is 0. The summed E-state index contributed by atoms with van der Waals surface area (Å²) in [5.74, 6) is 0.266. The molecule has 0 aliphatic rings. The molecule has 0 bridgehead atoms. The fourth-order valence-electron chi connectivity index (χ4n) is 3.07. The summed E-state index contributed by atoms with van der Waals surface area (Å²) >= 11 is 2.08. The minimum Gasteiger partial charge on any atom is -0.483 e. The van der Waals surface area contributed by atoms with Crippen LogP contribution in [-0.2, 0) is 4.79 Å². The van der Waals surface area contributed by atoms with Gasteiger partial charge in [-0.25, -0.2) is 4.79 Å². The zero-order valence-electron chi connectivity index (χ0n) is 17.5. The van der Waals surface area contributed by atoms with E-state index >= 15 is 0 Å². The first kappa shape index (κ1) is 22.5. The van der Waals surface area contributed by atoms with Gasteiger partial charge in [-0.05, 0) is 77.5 Å². The lowest BCUT2D eigenvalue weighted by Crippen LogP contribution is -2.32. The summed E-state index contributed by atoms with van der Waals surface area (Å²) in [4.78, 5) is 39.6. The van der Waals surface area contributed by atoms with Crippen molar-refractivity contribution in [3.05, 3.63) is 102 Å². The molecule has 0 aliphatic carbocycles. The Morgan fingerprint density at radius 2 is 1.88 bits per heavy atom. The lowest BCUT2D eigenvalue weighted by Gasteiger charge is -2.09. The summed E-state index contributed by atoms with van der Waals surface area (Å²) in [6, 6.07) is 19.4. The Bertz CT molecular complexity index is 1470. The third-order valence-electron chi connectivity index (χ3n) is 4.76. The topological polar surface area (TPSA) is 106 Å². The molecule has 1 amide bonds. The maximum absolute atomic E-state index is 12.6. The van der Waals surface area contributed by atoms with E-state index in [0.29, 0.717) is 27.9 Å². The second kappa shape index (κ2) is 9.82. The summed E-state index contributed by atoms with van der Waals surface area (Å²) in [6.07, 6.45) is 1.42. The van der Waals surface area contributed by atoms with E-state index in [2.05, 4.69) is 38.0 Å². The number of carbonyl (C=O) groups is 1. The molecule has 0 aliphatic heterocycles. The molecule has 2 N–H and O–H groups in total. The minimum absolute atomic E-state index is 0.140. The van der Waals surface area contributed by atoms with Crippen LogP contribution in [0.3, 0.4) is 0 Å². The second-order valence-electron chi connectivity index (χ2n) is 7.23. The maximum atomic E-state index is 12.6. The Labute approximate surface area is 202 Å². The van der Waals surface area contributed by atoms with Gasteiger partial charge in [-0.15, -0.1) is 4.68 Å². The predicted molar refractivity (Wildman–Crippen MR) is 136 cm³/mol. The Morgan fingerprint density at radius 3 is 2.64 bits per heavy atom. The van der Waals surface area contributed by atoms with E-state index in [-0.39, 0.29) is 12.5 Å². The van der Waals surface area contributed by atoms with Gasteiger partial charge in [0.2, 0.25) is 0 Å². The molecular weight excluding hydrogens is 535 g/mol. The molecule has 3 aromatic carbocycles. The van der Waals surface area contributed by atoms with Crippen LogP contribution in [0.2, 0.25) is 0 Å². The van der Waals surface area contributed by atoms with Crippen LogP contribution in [0.4, 0.5) is 5.69 Å². The lowest BCUT2D eigenvalue weighted by atomic mass is 10.2. The van der Waals surface area contributed by atoms with Crippen LogP contribution >= 0.6 is 22.6 Å². The normalized spacial score (nSPS) is 11.1. The number of nitrogens with zero attached hydrogens (tertiary/aromatic N) is 2. The minimum atomic E-state index is -0.621. The summed E-state index contributed by atoms with van der Waals surface area (Å²) < 4.78 is 7.16. The molecule has 1 heterocycles. The molecule has 0 unspecified atom stereocenters. The standard InChI is InChI=1S/C24H19IN4O4/c1-15-6-9-17(10-7-15)27-22(30)14-33-21-11-8-16(12-19(21)25)13-26-29-23(31)18-4-2-3-5-20(18)28-24(29)32/h2-13H,14H2,1H3,(H,27,30)(H,28,32). The van der Waals surface area contributed by atoms with E-state index < -0.39 is 11.2 Å². The van der Waals surface area contributed by atoms with Crippen molar-refractivity contribution < 1.29 is 9.53 Å². The van der Waals surface area contributed by atoms with Crippen LogP contribution < -0.4 is 21.3 Å². The molecule has 1 aromatic heterocycles. The molecule has 0 saturated carbocycles. The highest BCUT2D eigenvalue weighted by atomic mass is 127. The number of ether oxygens (including phenoxy) is 1. The fraction of sp³-hybridized carbons (Fsp3) is 0.0833. The van der Waals surface area contributed by atoms with Crippen LogP contribution in [0.1, 0.15) is 11.1 Å². The zero-order chi connectivity index (χ0) is 23.4. The predicted octanol–water partition coefficient (Wildman–Crippen LogP) is 3.50. The molecule has 166 valence electrons. The van der Waals surface area contributed by atoms with Gasteiger partial charge in [0.05, 0.1) is 20.7 Å². The number of anilines is 1. The smallest absolute Gasteiger partial charge is 0.349 e. The summed E-state index contributed by atoms with van der Waals surface area (Å²) in [5.41, 5.74) is 1.81. The highest BCUT2D eigenvalue weighted by molar-refractivity contribution is 14.1. The van der Waals surface area contributed by atoms with Crippen LogP contribution in [0.5, 0.6) is 5.75 Å². The Balaban J connectivity index is 1.44. The zero-order valence-corrected chi connectivity index (χ0v) is 19.7. The molecule has 33 heavy (non-hydrogen) atoms. The first-order chi connectivity index (χ1) is 15.9. The average molecular weight is 554 g/mol. The van der Waals surface area contributed by atoms with Crippen molar-refractivity contribution in [2.24, 2.45) is 5.10 Å². The number of fused-ring (bicyclic) bond motifs is 1. The van der Waals surface area contributed by atoms with Crippen LogP contribution in [0.15, 0.2) is 81.4 Å². The van der Waals surface area contributed by atoms with E-state index in [1.165, 1.54) is 6.21 Å². The first-order valence-electron chi connectivity index (χ1n) is 9.98. The molecular formula is C24H19IN4O4. The molecule has 0 fully saturated rings. The quantitative estimate of drug-likeness (QED) is 0.281. The summed E-state index contributed by atoms with van der Waals surface area (Å²) in [6.45, 7) is 1.84. The fourth-order valence-corrected chi connectivity index (χ4v) is 3.77. The number of H-pyrrole nitrogens is 1. The second-order valence-corrected chi connectivity index (χ2v) is 8.39. The number of aromatic nitrogens is 2. The lowest BCUT2D eigenvalue weighted by molar-refractivity contribution is -0.118. The highest BCUT2D eigenvalue weighted by Gasteiger charge is 2.08. The number of carbonyl (C=O) groups excluding carboxylic acids is 1. The molecule has 8 nitrogen and oxygen atoms in total. The number of hydrogen-bond donors (Lipinski definition) is 2. The Kier molecular flexibility index (Phi) is 6.68. The van der Waals surface area contributed by atoms with Gasteiger partial charge in [-0.2, -0.15) is 5.10 Å². The first-order valence-corrected chi connectivity index (χ1v) is 11.1. The van der Waals surface area contributed by atoms with Crippen LogP contribution in [-0.4, -0.2) is 28.4 Å². The molecule has 4 aromatic rings. The number of rotatable bonds is 6. The molecule has 0 atom stereocenters. The average Bonchev–Trinajstić information content (AvgIpc) is 2.80. The largest absolute Gasteiger partial charge is 0.483 e. The number of hydrogen-bond acceptors (Lipinski definition) is 5. The molecule has 0 radical (unpaired) electrons. The van der Waals surface area contributed by atoms with E-state index in [1.54, 1.807) is 42.5 Å². The molecule has 0 saturated heterocycles. The van der Waals surface area contributed by atoms with Crippen molar-refractivity contribution in [1.29, 1.82) is 0 Å². The van der Waals surface area contributed by atoms with Gasteiger partial charge >= 0.3 is 5.69 Å². The monoisotopic (exact) mass is 554 g/mol. The Hall–Kier alpha value is -3.73. The van der Waals surface area contributed by atoms with Gasteiger partial charge in [0.1, 0.15) is 5.75 Å². The Morgan fingerprint density at radius 1 is 1.12 bits per heavy atom. The van der Waals surface area contributed by atoms with Crippen molar-refractivity contribution in [2.75, 3.05) is 11.9 Å². The number of amides is 1. The highest BCUT2D eigenvalue weighted by Crippen LogP contribution is 2.21. The van der Waals surface area contributed by atoms with E-state index in [1.807, 2.05) is 31.2 Å². The van der Waals surface area contributed by atoms with Gasteiger partial charge in [-0.1, -0.05) is 29.8 Å². The van der Waals surface area contributed by atoms with E-state index in [0.717, 1.165) is 13.8 Å². The van der Waals surface area contributed by atoms with Crippen LogP contribution in [0.25, 0.3) is 10.9 Å². The molecule has 9 heteroatoms. The number of aryl methyl sites for hydroxylation is 1. The van der Waals surface area contributed by atoms with Gasteiger partial charge in [0.15, 0.2) is 6.61 Å². The number of halogens is 1. The van der Waals surface area contributed by atoms with Gasteiger partial charge in [-0.3, -0.25) is 9.59 Å². The van der Waals surface area contributed by atoms with Crippen molar-refractivity contribution in [3.8, 4) is 5.75 Å². The van der Waals surface area contributed by atoms with Crippen molar-refractivity contribution in [2.45, 2.75) is 6.92 Å². The van der Waals surface area contributed by atoms with Crippen molar-refractivity contribution >= 4 is 51.3 Å². The number of para-hydroxylation sites is 1. The summed E-state index contributed by atoms with van der Waals surface area (Å²) in [5, 5.41) is 7.20. The molecule has 4 rings (SSSR count). The van der Waals surface area contributed by atoms with E-state index in [4.69, 9.17) is 4.74 Å². The van der Waals surface area contributed by atoms with Gasteiger partial charge < -0.3 is 15.0 Å². The van der Waals surface area contributed by atoms with Crippen molar-refractivity contribution in [1.82, 2.24) is 9.66 Å². The number of aromatic amines is 1. The molecule has 0 spiro atoms. The third kappa shape index (κ3) is 5.37. The van der Waals surface area contributed by atoms with Gasteiger partial charge in [0, 0.05) is 5.69 Å².